The number of rotatable bonds is 4. The topological polar surface area (TPSA) is 36.5 Å². The highest BCUT2D eigenvalue weighted by Gasteiger charge is 2.41. The van der Waals surface area contributed by atoms with Gasteiger partial charge in [-0.15, -0.1) is 0 Å². The highest BCUT2D eigenvalue weighted by molar-refractivity contribution is 6.84. The SMILES string of the molecule is c1cc(-c2ccc3c(c2)B2Oc4ccccc4-c4cc(-c5ccccc5-c5cccc6oc7ccccc7c56)cc(c42)O3)cc(-n2c3ccccc3c3ccccc32)c1. The predicted molar refractivity (Wildman–Crippen MR) is 242 cm³/mol. The molecule has 0 atom stereocenters. The zero-order valence-corrected chi connectivity index (χ0v) is 31.7. The molecule has 2 aliphatic heterocycles. The Morgan fingerprint density at radius 3 is 1.90 bits per heavy atom. The maximum atomic E-state index is 6.96. The van der Waals surface area contributed by atoms with Crippen LogP contribution in [0.5, 0.6) is 17.2 Å². The molecular weight excluding hydrogens is 721 g/mol. The second-order valence-corrected chi connectivity index (χ2v) is 15.5. The highest BCUT2D eigenvalue weighted by atomic mass is 16.5. The van der Waals surface area contributed by atoms with E-state index in [2.05, 4.69) is 187 Å². The first-order valence-corrected chi connectivity index (χ1v) is 20.1. The average molecular weight is 754 g/mol. The molecular formula is C54H32BNO3. The number of nitrogens with zero attached hydrogens (tertiary/aromatic N) is 1. The summed E-state index contributed by atoms with van der Waals surface area (Å²) in [6.07, 6.45) is 0. The summed E-state index contributed by atoms with van der Waals surface area (Å²) in [6.45, 7) is -0.338. The second kappa shape index (κ2) is 12.4. The van der Waals surface area contributed by atoms with Crippen LogP contribution in [0.1, 0.15) is 0 Å². The molecule has 0 saturated heterocycles. The Hall–Kier alpha value is -7.76. The first-order valence-electron chi connectivity index (χ1n) is 20.1. The zero-order valence-electron chi connectivity index (χ0n) is 31.7. The minimum absolute atomic E-state index is 0.338. The highest BCUT2D eigenvalue weighted by Crippen LogP contribution is 2.45. The van der Waals surface area contributed by atoms with Gasteiger partial charge in [0.25, 0.3) is 0 Å². The van der Waals surface area contributed by atoms with Crippen molar-refractivity contribution in [2.24, 2.45) is 0 Å². The van der Waals surface area contributed by atoms with E-state index < -0.39 is 0 Å². The Morgan fingerprint density at radius 1 is 0.390 bits per heavy atom. The Bertz CT molecular complexity index is 3490. The fraction of sp³-hybridized carbons (Fsp3) is 0. The third-order valence-electron chi connectivity index (χ3n) is 12.3. The van der Waals surface area contributed by atoms with E-state index >= 15 is 0 Å². The monoisotopic (exact) mass is 753 g/mol. The quantitative estimate of drug-likeness (QED) is 0.168. The van der Waals surface area contributed by atoms with Gasteiger partial charge in [0.2, 0.25) is 0 Å². The van der Waals surface area contributed by atoms with Crippen molar-refractivity contribution in [1.82, 2.24) is 4.57 Å². The summed E-state index contributed by atoms with van der Waals surface area (Å²) in [6, 6.07) is 68.8. The van der Waals surface area contributed by atoms with Gasteiger partial charge in [-0.25, -0.2) is 0 Å². The van der Waals surface area contributed by atoms with Gasteiger partial charge in [-0.05, 0) is 99.6 Å². The molecule has 0 amide bonds. The Morgan fingerprint density at radius 2 is 1.05 bits per heavy atom. The largest absolute Gasteiger partial charge is 0.551 e. The molecule has 0 radical (unpaired) electrons. The molecule has 0 fully saturated rings. The molecule has 0 spiro atoms. The van der Waals surface area contributed by atoms with E-state index in [0.29, 0.717) is 0 Å². The molecule has 9 aromatic carbocycles. The number of hydrogen-bond acceptors (Lipinski definition) is 3. The number of aromatic nitrogens is 1. The number of furan rings is 1. The second-order valence-electron chi connectivity index (χ2n) is 15.5. The maximum Gasteiger partial charge on any atom is 0.434 e. The minimum Gasteiger partial charge on any atom is -0.551 e. The van der Waals surface area contributed by atoms with Crippen LogP contribution < -0.4 is 20.3 Å². The van der Waals surface area contributed by atoms with Crippen molar-refractivity contribution in [3.63, 3.8) is 0 Å². The van der Waals surface area contributed by atoms with Crippen molar-refractivity contribution >= 4 is 61.6 Å². The van der Waals surface area contributed by atoms with Crippen LogP contribution in [0, 0.1) is 0 Å². The van der Waals surface area contributed by atoms with Crippen LogP contribution in [-0.2, 0) is 0 Å². The number of hydrogen-bond donors (Lipinski definition) is 0. The van der Waals surface area contributed by atoms with Crippen LogP contribution in [0.2, 0.25) is 0 Å². The van der Waals surface area contributed by atoms with Crippen molar-refractivity contribution in [2.75, 3.05) is 0 Å². The van der Waals surface area contributed by atoms with Gasteiger partial charge in [0.15, 0.2) is 0 Å². The van der Waals surface area contributed by atoms with Crippen LogP contribution in [-0.4, -0.2) is 11.5 Å². The van der Waals surface area contributed by atoms with Crippen LogP contribution >= 0.6 is 0 Å². The number of benzene rings is 9. The molecule has 0 bridgehead atoms. The lowest BCUT2D eigenvalue weighted by Gasteiger charge is -2.33. The van der Waals surface area contributed by atoms with E-state index in [-0.39, 0.29) is 6.92 Å². The van der Waals surface area contributed by atoms with Gasteiger partial charge in [-0.3, -0.25) is 0 Å². The van der Waals surface area contributed by atoms with Crippen molar-refractivity contribution < 1.29 is 13.8 Å². The van der Waals surface area contributed by atoms with E-state index in [1.54, 1.807) is 0 Å². The van der Waals surface area contributed by atoms with Gasteiger partial charge in [0.1, 0.15) is 28.4 Å². The molecule has 59 heavy (non-hydrogen) atoms. The molecule has 4 nitrogen and oxygen atoms in total. The smallest absolute Gasteiger partial charge is 0.434 e. The summed E-state index contributed by atoms with van der Waals surface area (Å²) in [4.78, 5) is 0. The average Bonchev–Trinajstić information content (AvgIpc) is 3.85. The van der Waals surface area contributed by atoms with Crippen molar-refractivity contribution in [2.45, 2.75) is 0 Å². The first-order chi connectivity index (χ1) is 29.2. The molecule has 2 aromatic heterocycles. The molecule has 11 aromatic rings. The lowest BCUT2D eigenvalue weighted by molar-refractivity contribution is 0.479. The lowest BCUT2D eigenvalue weighted by Crippen LogP contribution is -2.53. The van der Waals surface area contributed by atoms with Crippen LogP contribution in [0.3, 0.4) is 0 Å². The van der Waals surface area contributed by atoms with E-state index in [0.717, 1.165) is 100 Å². The van der Waals surface area contributed by atoms with Gasteiger partial charge < -0.3 is 18.4 Å². The molecule has 2 aliphatic rings. The number of para-hydroxylation sites is 4. The first kappa shape index (κ1) is 32.3. The van der Waals surface area contributed by atoms with E-state index in [1.807, 2.05) is 12.1 Å². The van der Waals surface area contributed by atoms with E-state index in [1.165, 1.54) is 21.8 Å². The Kier molecular flexibility index (Phi) is 6.78. The predicted octanol–water partition coefficient (Wildman–Crippen LogP) is 13.0. The minimum atomic E-state index is -0.338. The fourth-order valence-electron chi connectivity index (χ4n) is 9.70. The molecule has 4 heterocycles. The van der Waals surface area contributed by atoms with Gasteiger partial charge in [-0.2, -0.15) is 0 Å². The van der Waals surface area contributed by atoms with Gasteiger partial charge in [-0.1, -0.05) is 133 Å². The molecule has 274 valence electrons. The summed E-state index contributed by atoms with van der Waals surface area (Å²) in [5, 5.41) is 4.73. The van der Waals surface area contributed by atoms with Gasteiger partial charge in [0.05, 0.1) is 11.0 Å². The Balaban J connectivity index is 0.950. The molecule has 5 heteroatoms. The Labute approximate surface area is 340 Å². The van der Waals surface area contributed by atoms with Crippen LogP contribution in [0.25, 0.3) is 93.9 Å². The lowest BCUT2D eigenvalue weighted by atomic mass is 9.50. The zero-order chi connectivity index (χ0) is 38.6. The normalized spacial score (nSPS) is 12.6. The number of ether oxygens (including phenoxy) is 1. The fourth-order valence-corrected chi connectivity index (χ4v) is 9.70. The summed E-state index contributed by atoms with van der Waals surface area (Å²) in [5.74, 6) is 2.48. The third kappa shape index (κ3) is 4.79. The molecule has 0 aliphatic carbocycles. The van der Waals surface area contributed by atoms with E-state index in [9.17, 15) is 0 Å². The van der Waals surface area contributed by atoms with Gasteiger partial charge in [0, 0.05) is 43.7 Å². The number of fused-ring (bicyclic) bond motifs is 10. The van der Waals surface area contributed by atoms with Crippen molar-refractivity contribution in [1.29, 1.82) is 0 Å². The van der Waals surface area contributed by atoms with E-state index in [4.69, 9.17) is 13.8 Å². The molecule has 0 unspecified atom stereocenters. The molecule has 0 saturated carbocycles. The summed E-state index contributed by atoms with van der Waals surface area (Å²) >= 11 is 0. The summed E-state index contributed by atoms with van der Waals surface area (Å²) in [5.41, 5.74) is 16.2. The van der Waals surface area contributed by atoms with Crippen molar-refractivity contribution in [3.8, 4) is 67.4 Å². The maximum absolute atomic E-state index is 6.96. The van der Waals surface area contributed by atoms with Crippen LogP contribution in [0.4, 0.5) is 0 Å². The summed E-state index contributed by atoms with van der Waals surface area (Å²) < 4.78 is 22.6. The standard InChI is InChI=1S/C54H32BNO3/c1-2-16-38(42-21-12-26-51-53(42)43-20-6-9-24-48(43)57-51)37(15-1)35-30-44-41-19-5-10-25-49(41)59-55-45-31-34(27-28-50(45)58-52(32-35)54(44)55)33-13-11-14-36(29-33)56-46-22-7-3-17-39(46)40-18-4-8-23-47(40)56/h1-32H. The molecule has 13 rings (SSSR count). The van der Waals surface area contributed by atoms with Gasteiger partial charge >= 0.3 is 6.92 Å². The summed E-state index contributed by atoms with van der Waals surface area (Å²) in [7, 11) is 0. The molecule has 0 N–H and O–H groups in total. The third-order valence-corrected chi connectivity index (χ3v) is 12.3. The van der Waals surface area contributed by atoms with Crippen LogP contribution in [0.15, 0.2) is 199 Å². The van der Waals surface area contributed by atoms with Crippen molar-refractivity contribution in [3.05, 3.63) is 194 Å².